The summed E-state index contributed by atoms with van der Waals surface area (Å²) >= 11 is 0. The number of carbonyl (C=O) groups is 1. The first-order valence-electron chi connectivity index (χ1n) is 8.88. The van der Waals surface area contributed by atoms with Crippen LogP contribution in [0.1, 0.15) is 22.5 Å². The van der Waals surface area contributed by atoms with Crippen LogP contribution in [-0.4, -0.2) is 17.6 Å². The number of nitrogens with one attached hydrogen (secondary N) is 1. The van der Waals surface area contributed by atoms with Crippen molar-refractivity contribution in [2.45, 2.75) is 19.9 Å². The van der Waals surface area contributed by atoms with E-state index in [4.69, 9.17) is 10.5 Å². The molecule has 0 atom stereocenters. The minimum absolute atomic E-state index is 0.0146. The maximum absolute atomic E-state index is 12.6. The lowest BCUT2D eigenvalue weighted by atomic mass is 10.1. The molecule has 3 aromatic rings. The van der Waals surface area contributed by atoms with Crippen molar-refractivity contribution in [3.05, 3.63) is 77.1 Å². The number of nitrogen functional groups attached to an aromatic ring is 1. The molecule has 0 aliphatic carbocycles. The summed E-state index contributed by atoms with van der Waals surface area (Å²) in [5.74, 6) is 0.311. The average molecular weight is 374 g/mol. The second-order valence-corrected chi connectivity index (χ2v) is 6.54. The Bertz CT molecular complexity index is 1050. The Labute approximate surface area is 164 Å². The van der Waals surface area contributed by atoms with E-state index in [2.05, 4.69) is 17.5 Å². The zero-order valence-corrected chi connectivity index (χ0v) is 15.9. The molecular weight excluding hydrogens is 352 g/mol. The summed E-state index contributed by atoms with van der Waals surface area (Å²) in [7, 11) is 1.55. The molecule has 0 aliphatic heterocycles. The van der Waals surface area contributed by atoms with Gasteiger partial charge in [0.05, 0.1) is 18.5 Å². The minimum atomic E-state index is -0.262. The molecule has 0 spiro atoms. The fourth-order valence-electron chi connectivity index (χ4n) is 3.18. The summed E-state index contributed by atoms with van der Waals surface area (Å²) in [6.45, 7) is 2.01. The van der Waals surface area contributed by atoms with Crippen molar-refractivity contribution in [3.8, 4) is 11.8 Å². The average Bonchev–Trinajstić information content (AvgIpc) is 2.97. The van der Waals surface area contributed by atoms with E-state index in [0.29, 0.717) is 29.2 Å². The first-order valence-corrected chi connectivity index (χ1v) is 8.88. The summed E-state index contributed by atoms with van der Waals surface area (Å²) in [6, 6.07) is 19.0. The lowest BCUT2D eigenvalue weighted by Crippen LogP contribution is -2.21. The van der Waals surface area contributed by atoms with Crippen LogP contribution >= 0.6 is 0 Å². The van der Waals surface area contributed by atoms with Crippen LogP contribution in [0.3, 0.4) is 0 Å². The number of aryl methyl sites for hydroxylation is 1. The quantitative estimate of drug-likeness (QED) is 0.691. The van der Waals surface area contributed by atoms with Gasteiger partial charge >= 0.3 is 0 Å². The molecule has 0 aliphatic rings. The Kier molecular flexibility index (Phi) is 5.66. The molecule has 0 fully saturated rings. The fourth-order valence-corrected chi connectivity index (χ4v) is 3.18. The summed E-state index contributed by atoms with van der Waals surface area (Å²) < 4.78 is 6.93. The van der Waals surface area contributed by atoms with Crippen LogP contribution in [0.2, 0.25) is 0 Å². The van der Waals surface area contributed by atoms with Gasteiger partial charge in [0.2, 0.25) is 5.91 Å². The van der Waals surface area contributed by atoms with Crippen LogP contribution in [0.4, 0.5) is 11.4 Å². The number of nitriles is 1. The van der Waals surface area contributed by atoms with Crippen molar-refractivity contribution < 1.29 is 9.53 Å². The normalized spacial score (nSPS) is 10.3. The van der Waals surface area contributed by atoms with E-state index in [0.717, 1.165) is 16.8 Å². The number of ether oxygens (including phenoxy) is 1. The van der Waals surface area contributed by atoms with Gasteiger partial charge in [-0.2, -0.15) is 5.26 Å². The number of aromatic nitrogens is 1. The molecule has 1 heterocycles. The maximum Gasteiger partial charge on any atom is 0.244 e. The van der Waals surface area contributed by atoms with Crippen LogP contribution in [0.25, 0.3) is 0 Å². The number of nitrogens with two attached hydrogens (primary N) is 1. The van der Waals surface area contributed by atoms with Crippen molar-refractivity contribution in [3.63, 3.8) is 0 Å². The summed E-state index contributed by atoms with van der Waals surface area (Å²) in [6.07, 6.45) is 0.539. The number of para-hydroxylation sites is 2. The number of rotatable bonds is 6. The van der Waals surface area contributed by atoms with E-state index in [1.165, 1.54) is 0 Å². The number of carbonyl (C=O) groups excluding carboxylic acids is 1. The van der Waals surface area contributed by atoms with Gasteiger partial charge in [-0.1, -0.05) is 42.0 Å². The van der Waals surface area contributed by atoms with E-state index in [1.54, 1.807) is 29.9 Å². The van der Waals surface area contributed by atoms with E-state index in [1.807, 2.05) is 37.3 Å². The van der Waals surface area contributed by atoms with Gasteiger partial charge in [-0.25, -0.2) is 0 Å². The highest BCUT2D eigenvalue weighted by Gasteiger charge is 2.17. The fraction of sp³-hybridized carbons (Fsp3) is 0.182. The van der Waals surface area contributed by atoms with E-state index < -0.39 is 0 Å². The molecule has 0 radical (unpaired) electrons. The lowest BCUT2D eigenvalue weighted by Gasteiger charge is -2.13. The Morgan fingerprint density at radius 3 is 2.71 bits per heavy atom. The standard InChI is InChI=1S/C22H22N4O2/c1-15-6-5-7-16(10-15)11-20-18(24)12-17(13-23)26(20)14-22(27)25-19-8-3-4-9-21(19)28-2/h3-10,12H,11,14,24H2,1-2H3,(H,25,27). The van der Waals surface area contributed by atoms with Gasteiger partial charge in [-0.15, -0.1) is 0 Å². The smallest absolute Gasteiger partial charge is 0.244 e. The lowest BCUT2D eigenvalue weighted by molar-refractivity contribution is -0.116. The molecule has 1 aromatic heterocycles. The largest absolute Gasteiger partial charge is 0.495 e. The van der Waals surface area contributed by atoms with Crippen molar-refractivity contribution in [2.75, 3.05) is 18.2 Å². The molecule has 0 saturated heterocycles. The van der Waals surface area contributed by atoms with Crippen LogP contribution in [0.15, 0.2) is 54.6 Å². The minimum Gasteiger partial charge on any atom is -0.495 e. The van der Waals surface area contributed by atoms with Gasteiger partial charge in [0.15, 0.2) is 0 Å². The molecule has 6 heteroatoms. The van der Waals surface area contributed by atoms with Crippen LogP contribution in [0, 0.1) is 18.3 Å². The molecule has 0 unspecified atom stereocenters. The van der Waals surface area contributed by atoms with E-state index >= 15 is 0 Å². The highest BCUT2D eigenvalue weighted by atomic mass is 16.5. The van der Waals surface area contributed by atoms with Gasteiger partial charge in [0, 0.05) is 12.1 Å². The number of benzene rings is 2. The summed E-state index contributed by atoms with van der Waals surface area (Å²) in [4.78, 5) is 12.6. The van der Waals surface area contributed by atoms with Gasteiger partial charge in [0.25, 0.3) is 0 Å². The molecule has 142 valence electrons. The third kappa shape index (κ3) is 4.15. The van der Waals surface area contributed by atoms with Crippen molar-refractivity contribution >= 4 is 17.3 Å². The second-order valence-electron chi connectivity index (χ2n) is 6.54. The van der Waals surface area contributed by atoms with Crippen molar-refractivity contribution in [1.29, 1.82) is 5.26 Å². The first-order chi connectivity index (χ1) is 13.5. The Morgan fingerprint density at radius 1 is 1.21 bits per heavy atom. The maximum atomic E-state index is 12.6. The molecule has 3 N–H and O–H groups in total. The number of hydrogen-bond donors (Lipinski definition) is 2. The van der Waals surface area contributed by atoms with E-state index in [9.17, 15) is 10.1 Å². The zero-order valence-electron chi connectivity index (χ0n) is 15.9. The molecule has 0 saturated carbocycles. The predicted octanol–water partition coefficient (Wildman–Crippen LogP) is 3.49. The van der Waals surface area contributed by atoms with Gasteiger partial charge in [-0.3, -0.25) is 4.79 Å². The number of methoxy groups -OCH3 is 1. The molecule has 3 rings (SSSR count). The van der Waals surface area contributed by atoms with Crippen LogP contribution < -0.4 is 15.8 Å². The summed E-state index contributed by atoms with van der Waals surface area (Å²) in [5, 5.41) is 12.3. The Hall–Kier alpha value is -3.72. The van der Waals surface area contributed by atoms with Crippen LogP contribution in [0.5, 0.6) is 5.75 Å². The highest BCUT2D eigenvalue weighted by molar-refractivity contribution is 5.92. The molecular formula is C22H22N4O2. The second kappa shape index (κ2) is 8.31. The third-order valence-corrected chi connectivity index (χ3v) is 4.49. The van der Waals surface area contributed by atoms with Gasteiger partial charge in [0.1, 0.15) is 24.1 Å². The number of nitrogens with zero attached hydrogens (tertiary/aromatic N) is 2. The summed E-state index contributed by atoms with van der Waals surface area (Å²) in [5.41, 5.74) is 10.6. The van der Waals surface area contributed by atoms with Crippen molar-refractivity contribution in [1.82, 2.24) is 4.57 Å². The number of hydrogen-bond acceptors (Lipinski definition) is 4. The monoisotopic (exact) mass is 374 g/mol. The van der Waals surface area contributed by atoms with Crippen molar-refractivity contribution in [2.24, 2.45) is 0 Å². The zero-order chi connectivity index (χ0) is 20.1. The number of anilines is 2. The molecule has 2 aromatic carbocycles. The third-order valence-electron chi connectivity index (χ3n) is 4.49. The predicted molar refractivity (Wildman–Crippen MR) is 109 cm³/mol. The van der Waals surface area contributed by atoms with Gasteiger partial charge < -0.3 is 20.4 Å². The molecule has 1 amide bonds. The number of amides is 1. The molecule has 28 heavy (non-hydrogen) atoms. The highest BCUT2D eigenvalue weighted by Crippen LogP contribution is 2.25. The first kappa shape index (κ1) is 19.1. The Balaban J connectivity index is 1.86. The van der Waals surface area contributed by atoms with E-state index in [-0.39, 0.29) is 12.5 Å². The van der Waals surface area contributed by atoms with Gasteiger partial charge in [-0.05, 0) is 30.7 Å². The Morgan fingerprint density at radius 2 is 2.00 bits per heavy atom. The molecule has 6 nitrogen and oxygen atoms in total. The molecule has 0 bridgehead atoms. The SMILES string of the molecule is COc1ccccc1NC(=O)Cn1c(C#N)cc(N)c1Cc1cccc(C)c1. The van der Waals surface area contributed by atoms with Crippen LogP contribution in [-0.2, 0) is 17.8 Å². The topological polar surface area (TPSA) is 93.1 Å².